The summed E-state index contributed by atoms with van der Waals surface area (Å²) in [5, 5.41) is 3.09. The van der Waals surface area contributed by atoms with Gasteiger partial charge in [0.2, 0.25) is 5.91 Å². The van der Waals surface area contributed by atoms with Crippen molar-refractivity contribution in [3.8, 4) is 0 Å². The van der Waals surface area contributed by atoms with Crippen LogP contribution < -0.4 is 5.32 Å². The normalized spacial score (nSPS) is 16.0. The SMILES string of the molecule is CC(=O)c1ccccc1NCC(=O)N1CCC(C)CC1. The van der Waals surface area contributed by atoms with Crippen LogP contribution in [0.4, 0.5) is 5.69 Å². The first-order valence-electron chi connectivity index (χ1n) is 7.19. The largest absolute Gasteiger partial charge is 0.376 e. The van der Waals surface area contributed by atoms with Gasteiger partial charge in [-0.25, -0.2) is 0 Å². The second-order valence-electron chi connectivity index (χ2n) is 5.52. The molecule has 0 atom stereocenters. The summed E-state index contributed by atoms with van der Waals surface area (Å²) >= 11 is 0. The predicted molar refractivity (Wildman–Crippen MR) is 79.9 cm³/mol. The molecule has 20 heavy (non-hydrogen) atoms. The molecule has 1 saturated heterocycles. The van der Waals surface area contributed by atoms with Gasteiger partial charge in [-0.1, -0.05) is 19.1 Å². The zero-order valence-corrected chi connectivity index (χ0v) is 12.2. The summed E-state index contributed by atoms with van der Waals surface area (Å²) in [4.78, 5) is 25.6. The fourth-order valence-corrected chi connectivity index (χ4v) is 2.48. The Morgan fingerprint density at radius 1 is 1.25 bits per heavy atom. The second-order valence-corrected chi connectivity index (χ2v) is 5.52. The number of benzene rings is 1. The molecule has 0 bridgehead atoms. The van der Waals surface area contributed by atoms with Crippen LogP contribution in [0.25, 0.3) is 0 Å². The van der Waals surface area contributed by atoms with E-state index in [4.69, 9.17) is 0 Å². The molecule has 0 saturated carbocycles. The quantitative estimate of drug-likeness (QED) is 0.858. The van der Waals surface area contributed by atoms with Crippen molar-refractivity contribution in [2.75, 3.05) is 25.0 Å². The standard InChI is InChI=1S/C16H22N2O2/c1-12-7-9-18(10-8-12)16(20)11-17-15-6-4-3-5-14(15)13(2)19/h3-6,12,17H,7-11H2,1-2H3. The molecule has 1 N–H and O–H groups in total. The molecule has 1 heterocycles. The van der Waals surface area contributed by atoms with Crippen LogP contribution in [-0.4, -0.2) is 36.2 Å². The predicted octanol–water partition coefficient (Wildman–Crippen LogP) is 2.56. The second kappa shape index (κ2) is 6.55. The van der Waals surface area contributed by atoms with Crippen molar-refractivity contribution in [2.45, 2.75) is 26.7 Å². The van der Waals surface area contributed by atoms with Crippen LogP contribution in [0.5, 0.6) is 0 Å². The van der Waals surface area contributed by atoms with E-state index in [0.717, 1.165) is 31.6 Å². The number of piperidine rings is 1. The number of amides is 1. The number of rotatable bonds is 4. The Balaban J connectivity index is 1.92. The minimum absolute atomic E-state index is 0.00680. The van der Waals surface area contributed by atoms with Crippen molar-refractivity contribution in [1.82, 2.24) is 4.90 Å². The summed E-state index contributed by atoms with van der Waals surface area (Å²) in [6.07, 6.45) is 2.16. The highest BCUT2D eigenvalue weighted by atomic mass is 16.2. The fourth-order valence-electron chi connectivity index (χ4n) is 2.48. The van der Waals surface area contributed by atoms with E-state index in [1.54, 1.807) is 6.07 Å². The average Bonchev–Trinajstić information content (AvgIpc) is 2.45. The highest BCUT2D eigenvalue weighted by Crippen LogP contribution is 2.17. The smallest absolute Gasteiger partial charge is 0.241 e. The number of hydrogen-bond donors (Lipinski definition) is 1. The van der Waals surface area contributed by atoms with Crippen LogP contribution in [0, 0.1) is 5.92 Å². The van der Waals surface area contributed by atoms with Gasteiger partial charge in [-0.3, -0.25) is 9.59 Å². The van der Waals surface area contributed by atoms with Gasteiger partial charge in [0.25, 0.3) is 0 Å². The van der Waals surface area contributed by atoms with Gasteiger partial charge in [0.05, 0.1) is 6.54 Å². The van der Waals surface area contributed by atoms with Gasteiger partial charge in [0.15, 0.2) is 5.78 Å². The summed E-state index contributed by atoms with van der Waals surface area (Å²) in [5.74, 6) is 0.827. The Morgan fingerprint density at radius 2 is 1.90 bits per heavy atom. The van der Waals surface area contributed by atoms with Crippen LogP contribution in [0.15, 0.2) is 24.3 Å². The highest BCUT2D eigenvalue weighted by molar-refractivity contribution is 6.00. The van der Waals surface area contributed by atoms with Crippen molar-refractivity contribution < 1.29 is 9.59 Å². The number of para-hydroxylation sites is 1. The third kappa shape index (κ3) is 3.59. The summed E-state index contributed by atoms with van der Waals surface area (Å²) in [6, 6.07) is 7.30. The first-order valence-corrected chi connectivity index (χ1v) is 7.19. The van der Waals surface area contributed by atoms with Crippen molar-refractivity contribution in [1.29, 1.82) is 0 Å². The fraction of sp³-hybridized carbons (Fsp3) is 0.500. The molecule has 1 fully saturated rings. The molecule has 0 aliphatic carbocycles. The lowest BCUT2D eigenvalue weighted by Crippen LogP contribution is -2.41. The van der Waals surface area contributed by atoms with Gasteiger partial charge in [-0.2, -0.15) is 0 Å². The van der Waals surface area contributed by atoms with Gasteiger partial charge < -0.3 is 10.2 Å². The number of likely N-dealkylation sites (tertiary alicyclic amines) is 1. The lowest BCUT2D eigenvalue weighted by Gasteiger charge is -2.30. The Morgan fingerprint density at radius 3 is 2.55 bits per heavy atom. The molecule has 0 radical (unpaired) electrons. The number of Topliss-reactive ketones (excluding diaryl/α,β-unsaturated/α-hetero) is 1. The molecule has 108 valence electrons. The van der Waals surface area contributed by atoms with Crippen molar-refractivity contribution in [3.05, 3.63) is 29.8 Å². The van der Waals surface area contributed by atoms with E-state index in [1.807, 2.05) is 23.1 Å². The lowest BCUT2D eigenvalue weighted by molar-refractivity contribution is -0.130. The molecule has 1 aromatic rings. The van der Waals surface area contributed by atoms with E-state index in [9.17, 15) is 9.59 Å². The van der Waals surface area contributed by atoms with Crippen LogP contribution in [-0.2, 0) is 4.79 Å². The average molecular weight is 274 g/mol. The van der Waals surface area contributed by atoms with Crippen molar-refractivity contribution in [2.24, 2.45) is 5.92 Å². The third-order valence-electron chi connectivity index (χ3n) is 3.87. The van der Waals surface area contributed by atoms with E-state index in [-0.39, 0.29) is 18.2 Å². The molecule has 0 unspecified atom stereocenters. The third-order valence-corrected chi connectivity index (χ3v) is 3.87. The van der Waals surface area contributed by atoms with E-state index in [0.29, 0.717) is 11.5 Å². The maximum Gasteiger partial charge on any atom is 0.241 e. The number of ketones is 1. The van der Waals surface area contributed by atoms with Gasteiger partial charge in [0, 0.05) is 24.3 Å². The van der Waals surface area contributed by atoms with Gasteiger partial charge in [-0.15, -0.1) is 0 Å². The van der Waals surface area contributed by atoms with Crippen LogP contribution in [0.2, 0.25) is 0 Å². The Labute approximate surface area is 120 Å². The minimum Gasteiger partial charge on any atom is -0.376 e. The highest BCUT2D eigenvalue weighted by Gasteiger charge is 2.20. The monoisotopic (exact) mass is 274 g/mol. The number of carbonyl (C=O) groups excluding carboxylic acids is 2. The number of carbonyl (C=O) groups is 2. The maximum absolute atomic E-state index is 12.1. The van der Waals surface area contributed by atoms with Gasteiger partial charge in [-0.05, 0) is 37.8 Å². The van der Waals surface area contributed by atoms with Crippen LogP contribution in [0.1, 0.15) is 37.0 Å². The van der Waals surface area contributed by atoms with E-state index in [2.05, 4.69) is 12.2 Å². The molecule has 4 nitrogen and oxygen atoms in total. The molecule has 0 spiro atoms. The summed E-state index contributed by atoms with van der Waals surface area (Å²) < 4.78 is 0. The number of hydrogen-bond acceptors (Lipinski definition) is 3. The van der Waals surface area contributed by atoms with Gasteiger partial charge >= 0.3 is 0 Å². The minimum atomic E-state index is 0.00680. The molecule has 0 aromatic heterocycles. The number of anilines is 1. The molecule has 1 aromatic carbocycles. The number of nitrogens with zero attached hydrogens (tertiary/aromatic N) is 1. The zero-order chi connectivity index (χ0) is 14.5. The molecular formula is C16H22N2O2. The van der Waals surface area contributed by atoms with Crippen LogP contribution in [0.3, 0.4) is 0 Å². The van der Waals surface area contributed by atoms with Crippen molar-refractivity contribution in [3.63, 3.8) is 0 Å². The Kier molecular flexibility index (Phi) is 4.77. The zero-order valence-electron chi connectivity index (χ0n) is 12.2. The molecular weight excluding hydrogens is 252 g/mol. The summed E-state index contributed by atoms with van der Waals surface area (Å²) in [5.41, 5.74) is 1.37. The molecule has 4 heteroatoms. The van der Waals surface area contributed by atoms with E-state index < -0.39 is 0 Å². The van der Waals surface area contributed by atoms with Crippen molar-refractivity contribution >= 4 is 17.4 Å². The molecule has 1 aliphatic heterocycles. The van der Waals surface area contributed by atoms with Crippen LogP contribution >= 0.6 is 0 Å². The number of nitrogens with one attached hydrogen (secondary N) is 1. The first kappa shape index (κ1) is 14.6. The van der Waals surface area contributed by atoms with E-state index in [1.165, 1.54) is 6.92 Å². The first-order chi connectivity index (χ1) is 9.58. The molecule has 2 rings (SSSR count). The molecule has 1 aliphatic rings. The maximum atomic E-state index is 12.1. The lowest BCUT2D eigenvalue weighted by atomic mass is 9.99. The topological polar surface area (TPSA) is 49.4 Å². The summed E-state index contributed by atoms with van der Waals surface area (Å²) in [6.45, 7) is 5.70. The van der Waals surface area contributed by atoms with Gasteiger partial charge in [0.1, 0.15) is 0 Å². The summed E-state index contributed by atoms with van der Waals surface area (Å²) in [7, 11) is 0. The Hall–Kier alpha value is -1.84. The Bertz CT molecular complexity index is 491. The molecule has 1 amide bonds. The van der Waals surface area contributed by atoms with E-state index >= 15 is 0 Å².